The zero-order valence-corrected chi connectivity index (χ0v) is 12.6. The molecule has 2 aromatic rings. The standard InChI is InChI=1S/C17H19N3O3/c21-16(12-18-11-14-8-4-5-9-19-14)20-15(17(22)23)10-13-6-2-1-3-7-13/h1-9,15,18H,10-12H2,(H,20,21)(H,22,23)/t15-/m0/s1. The van der Waals surface area contributed by atoms with Crippen molar-refractivity contribution in [3.63, 3.8) is 0 Å². The van der Waals surface area contributed by atoms with Crippen LogP contribution in [-0.2, 0) is 22.6 Å². The molecule has 3 N–H and O–H groups in total. The maximum Gasteiger partial charge on any atom is 0.326 e. The Morgan fingerprint density at radius 1 is 1.09 bits per heavy atom. The van der Waals surface area contributed by atoms with Crippen LogP contribution in [0.3, 0.4) is 0 Å². The number of pyridine rings is 1. The number of carbonyl (C=O) groups is 2. The van der Waals surface area contributed by atoms with Crippen LogP contribution in [0.5, 0.6) is 0 Å². The van der Waals surface area contributed by atoms with Crippen LogP contribution in [0.25, 0.3) is 0 Å². The van der Waals surface area contributed by atoms with Gasteiger partial charge in [0.1, 0.15) is 6.04 Å². The van der Waals surface area contributed by atoms with E-state index in [2.05, 4.69) is 15.6 Å². The molecule has 1 aromatic heterocycles. The van der Waals surface area contributed by atoms with E-state index in [0.29, 0.717) is 6.54 Å². The maximum atomic E-state index is 11.9. The lowest BCUT2D eigenvalue weighted by Gasteiger charge is -2.15. The Hall–Kier alpha value is -2.73. The zero-order chi connectivity index (χ0) is 16.5. The minimum Gasteiger partial charge on any atom is -0.480 e. The molecule has 6 nitrogen and oxygen atoms in total. The third-order valence-electron chi connectivity index (χ3n) is 3.23. The van der Waals surface area contributed by atoms with Crippen molar-refractivity contribution >= 4 is 11.9 Å². The molecule has 120 valence electrons. The van der Waals surface area contributed by atoms with Gasteiger partial charge in [-0.15, -0.1) is 0 Å². The summed E-state index contributed by atoms with van der Waals surface area (Å²) in [6.07, 6.45) is 1.93. The van der Waals surface area contributed by atoms with E-state index in [0.717, 1.165) is 11.3 Å². The normalized spacial score (nSPS) is 11.7. The lowest BCUT2D eigenvalue weighted by molar-refractivity contribution is -0.141. The highest BCUT2D eigenvalue weighted by molar-refractivity contribution is 5.84. The molecular weight excluding hydrogens is 294 g/mol. The fraction of sp³-hybridized carbons (Fsp3) is 0.235. The fourth-order valence-corrected chi connectivity index (χ4v) is 2.10. The maximum absolute atomic E-state index is 11.9. The van der Waals surface area contributed by atoms with Crippen molar-refractivity contribution in [3.05, 3.63) is 66.0 Å². The summed E-state index contributed by atoms with van der Waals surface area (Å²) >= 11 is 0. The van der Waals surface area contributed by atoms with E-state index in [-0.39, 0.29) is 18.9 Å². The molecule has 0 aliphatic heterocycles. The summed E-state index contributed by atoms with van der Waals surface area (Å²) in [7, 11) is 0. The summed E-state index contributed by atoms with van der Waals surface area (Å²) in [5, 5.41) is 14.7. The van der Waals surface area contributed by atoms with Crippen molar-refractivity contribution in [1.29, 1.82) is 0 Å². The van der Waals surface area contributed by atoms with E-state index in [1.54, 1.807) is 6.20 Å². The number of aromatic nitrogens is 1. The van der Waals surface area contributed by atoms with Crippen LogP contribution in [0, 0.1) is 0 Å². The van der Waals surface area contributed by atoms with Crippen molar-refractivity contribution in [3.8, 4) is 0 Å². The van der Waals surface area contributed by atoms with Crippen molar-refractivity contribution in [2.24, 2.45) is 0 Å². The molecule has 0 saturated heterocycles. The van der Waals surface area contributed by atoms with E-state index >= 15 is 0 Å². The van der Waals surface area contributed by atoms with Crippen LogP contribution in [0.1, 0.15) is 11.3 Å². The van der Waals surface area contributed by atoms with Gasteiger partial charge in [0.25, 0.3) is 0 Å². The lowest BCUT2D eigenvalue weighted by atomic mass is 10.1. The zero-order valence-electron chi connectivity index (χ0n) is 12.6. The van der Waals surface area contributed by atoms with Crippen molar-refractivity contribution in [2.45, 2.75) is 19.0 Å². The van der Waals surface area contributed by atoms with E-state index in [1.165, 1.54) is 0 Å². The Bertz CT molecular complexity index is 632. The van der Waals surface area contributed by atoms with Crippen LogP contribution in [-0.4, -0.2) is 34.6 Å². The molecule has 0 aliphatic rings. The number of aliphatic carboxylic acids is 1. The number of carboxylic acid groups (broad SMARTS) is 1. The predicted octanol–water partition coefficient (Wildman–Crippen LogP) is 0.983. The average molecular weight is 313 g/mol. The van der Waals surface area contributed by atoms with Gasteiger partial charge in [-0.3, -0.25) is 9.78 Å². The molecule has 1 atom stereocenters. The minimum atomic E-state index is -1.05. The van der Waals surface area contributed by atoms with Gasteiger partial charge in [-0.25, -0.2) is 4.79 Å². The first kappa shape index (κ1) is 16.6. The predicted molar refractivity (Wildman–Crippen MR) is 85.7 cm³/mol. The third-order valence-corrected chi connectivity index (χ3v) is 3.23. The van der Waals surface area contributed by atoms with E-state index < -0.39 is 12.0 Å². The molecule has 2 rings (SSSR count). The SMILES string of the molecule is O=C(CNCc1ccccn1)N[C@@H](Cc1ccccc1)C(=O)O. The second kappa shape index (κ2) is 8.65. The van der Waals surface area contributed by atoms with Gasteiger partial charge in [0, 0.05) is 19.2 Å². The fourth-order valence-electron chi connectivity index (χ4n) is 2.10. The number of nitrogens with one attached hydrogen (secondary N) is 2. The molecule has 0 radical (unpaired) electrons. The smallest absolute Gasteiger partial charge is 0.326 e. The van der Waals surface area contributed by atoms with Gasteiger partial charge in [0.15, 0.2) is 0 Å². The van der Waals surface area contributed by atoms with Gasteiger partial charge in [0.2, 0.25) is 5.91 Å². The van der Waals surface area contributed by atoms with Crippen molar-refractivity contribution < 1.29 is 14.7 Å². The molecule has 0 fully saturated rings. The molecule has 1 heterocycles. The first-order valence-corrected chi connectivity index (χ1v) is 7.32. The van der Waals surface area contributed by atoms with Gasteiger partial charge in [0.05, 0.1) is 12.2 Å². The summed E-state index contributed by atoms with van der Waals surface area (Å²) in [6.45, 7) is 0.486. The van der Waals surface area contributed by atoms with E-state index in [1.807, 2.05) is 48.5 Å². The molecule has 1 amide bonds. The minimum absolute atomic E-state index is 0.0368. The Morgan fingerprint density at radius 3 is 2.48 bits per heavy atom. The molecule has 0 saturated carbocycles. The van der Waals surface area contributed by atoms with Crippen LogP contribution in [0.15, 0.2) is 54.7 Å². The highest BCUT2D eigenvalue weighted by Crippen LogP contribution is 2.03. The number of carboxylic acids is 1. The van der Waals surface area contributed by atoms with Crippen molar-refractivity contribution in [2.75, 3.05) is 6.54 Å². The molecule has 0 unspecified atom stereocenters. The number of nitrogens with zero attached hydrogens (tertiary/aromatic N) is 1. The van der Waals surface area contributed by atoms with E-state index in [9.17, 15) is 14.7 Å². The Morgan fingerprint density at radius 2 is 1.83 bits per heavy atom. The first-order valence-electron chi connectivity index (χ1n) is 7.32. The number of amides is 1. The summed E-state index contributed by atoms with van der Waals surface area (Å²) in [6, 6.07) is 13.8. The molecule has 0 aliphatic carbocycles. The van der Waals surface area contributed by atoms with Gasteiger partial charge >= 0.3 is 5.97 Å². The summed E-state index contributed by atoms with van der Waals surface area (Å²) in [4.78, 5) is 27.3. The quantitative estimate of drug-likeness (QED) is 0.676. The number of hydrogen-bond donors (Lipinski definition) is 3. The van der Waals surface area contributed by atoms with Gasteiger partial charge in [-0.2, -0.15) is 0 Å². The van der Waals surface area contributed by atoms with Crippen LogP contribution in [0.2, 0.25) is 0 Å². The van der Waals surface area contributed by atoms with Gasteiger partial charge < -0.3 is 15.7 Å². The summed E-state index contributed by atoms with van der Waals surface area (Å²) in [5.74, 6) is -1.41. The molecule has 0 spiro atoms. The monoisotopic (exact) mass is 313 g/mol. The van der Waals surface area contributed by atoms with Crippen LogP contribution >= 0.6 is 0 Å². The second-order valence-electron chi connectivity index (χ2n) is 5.07. The number of rotatable bonds is 8. The topological polar surface area (TPSA) is 91.3 Å². The number of benzene rings is 1. The number of hydrogen-bond acceptors (Lipinski definition) is 4. The lowest BCUT2D eigenvalue weighted by Crippen LogP contribution is -2.45. The number of carbonyl (C=O) groups excluding carboxylic acids is 1. The molecule has 23 heavy (non-hydrogen) atoms. The largest absolute Gasteiger partial charge is 0.480 e. The Balaban J connectivity index is 1.80. The Kier molecular flexibility index (Phi) is 6.26. The molecule has 0 bridgehead atoms. The summed E-state index contributed by atoms with van der Waals surface area (Å²) in [5.41, 5.74) is 1.68. The highest BCUT2D eigenvalue weighted by atomic mass is 16.4. The first-order chi connectivity index (χ1) is 11.1. The van der Waals surface area contributed by atoms with Gasteiger partial charge in [-0.05, 0) is 17.7 Å². The molecular formula is C17H19N3O3. The second-order valence-corrected chi connectivity index (χ2v) is 5.07. The Labute approximate surface area is 134 Å². The van der Waals surface area contributed by atoms with Crippen LogP contribution < -0.4 is 10.6 Å². The summed E-state index contributed by atoms with van der Waals surface area (Å²) < 4.78 is 0. The highest BCUT2D eigenvalue weighted by Gasteiger charge is 2.19. The molecule has 1 aromatic carbocycles. The molecule has 6 heteroatoms. The third kappa shape index (κ3) is 5.88. The van der Waals surface area contributed by atoms with Crippen LogP contribution in [0.4, 0.5) is 0 Å². The van der Waals surface area contributed by atoms with Gasteiger partial charge in [-0.1, -0.05) is 36.4 Å². The van der Waals surface area contributed by atoms with Crippen molar-refractivity contribution in [1.82, 2.24) is 15.6 Å². The average Bonchev–Trinajstić information content (AvgIpc) is 2.56. The van der Waals surface area contributed by atoms with E-state index in [4.69, 9.17) is 0 Å².